The molecule has 0 saturated heterocycles. The lowest BCUT2D eigenvalue weighted by Gasteiger charge is -2.04. The predicted molar refractivity (Wildman–Crippen MR) is 143 cm³/mol. The van der Waals surface area contributed by atoms with Crippen LogP contribution in [0.15, 0.2) is 24.5 Å². The molecule has 1 nitrogen and oxygen atoms in total. The molecule has 0 aliphatic heterocycles. The van der Waals surface area contributed by atoms with Crippen LogP contribution < -0.4 is 4.57 Å². The van der Waals surface area contributed by atoms with Crippen molar-refractivity contribution >= 4 is 0 Å². The number of unbranched alkanes of at least 4 members (excludes halogenated alkanes) is 20. The second-order valence-electron chi connectivity index (χ2n) is 10.3. The molecule has 0 amide bonds. The minimum absolute atomic E-state index is 1.20. The molecule has 0 N–H and O–H groups in total. The van der Waals surface area contributed by atoms with Crippen molar-refractivity contribution in [3.63, 3.8) is 0 Å². The molecule has 0 atom stereocenters. The minimum atomic E-state index is 1.20. The Balaban J connectivity index is 1.91. The number of hydrogen-bond donors (Lipinski definition) is 0. The van der Waals surface area contributed by atoms with Gasteiger partial charge in [0.15, 0.2) is 12.4 Å². The third-order valence-electron chi connectivity index (χ3n) is 7.01. The number of rotatable bonds is 24. The average Bonchev–Trinajstić information content (AvgIpc) is 2.81. The molecular formula is C31H58N+. The Hall–Kier alpha value is -0.850. The van der Waals surface area contributed by atoms with Gasteiger partial charge in [0, 0.05) is 18.1 Å². The molecule has 1 aromatic heterocycles. The Morgan fingerprint density at radius 3 is 1.38 bits per heavy atom. The molecule has 0 saturated carbocycles. The van der Waals surface area contributed by atoms with Crippen LogP contribution in [-0.2, 0) is 13.0 Å². The smallest absolute Gasteiger partial charge is 0.171 e. The Kier molecular flexibility index (Phi) is 21.3. The molecule has 32 heavy (non-hydrogen) atoms. The van der Waals surface area contributed by atoms with Gasteiger partial charge in [0.2, 0.25) is 0 Å². The molecule has 1 aromatic rings. The van der Waals surface area contributed by atoms with E-state index in [1.807, 2.05) is 0 Å². The quantitative estimate of drug-likeness (QED) is 0.110. The molecule has 1 rings (SSSR count). The third kappa shape index (κ3) is 18.7. The Bertz CT molecular complexity index is 495. The second-order valence-corrected chi connectivity index (χ2v) is 10.3. The number of hydrogen-bond acceptors (Lipinski definition) is 0. The lowest BCUT2D eigenvalue weighted by atomic mass is 10.0. The topological polar surface area (TPSA) is 3.88 Å². The highest BCUT2D eigenvalue weighted by molar-refractivity contribution is 5.05. The average molecular weight is 445 g/mol. The van der Waals surface area contributed by atoms with Crippen LogP contribution in [0, 0.1) is 0 Å². The molecule has 1 heteroatoms. The summed E-state index contributed by atoms with van der Waals surface area (Å²) in [6.45, 7) is 5.80. The van der Waals surface area contributed by atoms with Gasteiger partial charge in [-0.05, 0) is 25.3 Å². The summed E-state index contributed by atoms with van der Waals surface area (Å²) in [5.41, 5.74) is 1.53. The van der Waals surface area contributed by atoms with E-state index in [2.05, 4.69) is 42.9 Å². The normalized spacial score (nSPS) is 11.3. The van der Waals surface area contributed by atoms with E-state index in [0.29, 0.717) is 0 Å². The summed E-state index contributed by atoms with van der Waals surface area (Å²) in [7, 11) is 0. The molecule has 0 aliphatic rings. The molecule has 186 valence electrons. The van der Waals surface area contributed by atoms with Crippen molar-refractivity contribution in [1.82, 2.24) is 0 Å². The fourth-order valence-corrected chi connectivity index (χ4v) is 4.82. The maximum Gasteiger partial charge on any atom is 0.171 e. The summed E-state index contributed by atoms with van der Waals surface area (Å²) in [5.74, 6) is 0. The van der Waals surface area contributed by atoms with Gasteiger partial charge in [-0.15, -0.1) is 0 Å². The lowest BCUT2D eigenvalue weighted by Crippen LogP contribution is -2.33. The highest BCUT2D eigenvalue weighted by atomic mass is 14.9. The first-order valence-electron chi connectivity index (χ1n) is 14.8. The highest BCUT2D eigenvalue weighted by Gasteiger charge is 2.03. The number of nitrogens with zero attached hydrogens (tertiary/aromatic N) is 1. The molecule has 0 radical (unpaired) electrons. The molecular weight excluding hydrogens is 386 g/mol. The van der Waals surface area contributed by atoms with Crippen molar-refractivity contribution in [3.05, 3.63) is 30.1 Å². The fourth-order valence-electron chi connectivity index (χ4n) is 4.82. The Labute approximate surface area is 202 Å². The van der Waals surface area contributed by atoms with Crippen LogP contribution in [-0.4, -0.2) is 0 Å². The predicted octanol–water partition coefficient (Wildman–Crippen LogP) is 10.1. The zero-order valence-corrected chi connectivity index (χ0v) is 22.2. The van der Waals surface area contributed by atoms with Gasteiger partial charge in [0.05, 0.1) is 0 Å². The van der Waals surface area contributed by atoms with E-state index < -0.39 is 0 Å². The molecule has 1 heterocycles. The largest absolute Gasteiger partial charge is 0.205 e. The first-order valence-corrected chi connectivity index (χ1v) is 14.8. The van der Waals surface area contributed by atoms with Crippen molar-refractivity contribution in [3.8, 4) is 0 Å². The van der Waals surface area contributed by atoms with Gasteiger partial charge in [-0.3, -0.25) is 0 Å². The summed E-state index contributed by atoms with van der Waals surface area (Å²) in [5, 5.41) is 0. The third-order valence-corrected chi connectivity index (χ3v) is 7.01. The highest BCUT2D eigenvalue weighted by Crippen LogP contribution is 2.13. The summed E-state index contributed by atoms with van der Waals surface area (Å²) in [4.78, 5) is 0. The molecule has 0 fully saturated rings. The van der Waals surface area contributed by atoms with Crippen LogP contribution in [0.5, 0.6) is 0 Å². The van der Waals surface area contributed by atoms with Gasteiger partial charge in [0.1, 0.15) is 6.54 Å². The van der Waals surface area contributed by atoms with Crippen LogP contribution >= 0.6 is 0 Å². The fraction of sp³-hybridized carbons (Fsp3) is 0.839. The molecule has 0 bridgehead atoms. The van der Waals surface area contributed by atoms with E-state index in [-0.39, 0.29) is 0 Å². The van der Waals surface area contributed by atoms with Gasteiger partial charge in [-0.25, -0.2) is 4.57 Å². The van der Waals surface area contributed by atoms with E-state index >= 15 is 0 Å². The lowest BCUT2D eigenvalue weighted by molar-refractivity contribution is -0.697. The van der Waals surface area contributed by atoms with Crippen molar-refractivity contribution in [1.29, 1.82) is 0 Å². The van der Waals surface area contributed by atoms with Crippen LogP contribution in [0.4, 0.5) is 0 Å². The van der Waals surface area contributed by atoms with E-state index in [0.717, 1.165) is 0 Å². The van der Waals surface area contributed by atoms with Gasteiger partial charge in [-0.1, -0.05) is 136 Å². The van der Waals surface area contributed by atoms with Crippen molar-refractivity contribution in [2.45, 2.75) is 168 Å². The Morgan fingerprint density at radius 1 is 0.500 bits per heavy atom. The van der Waals surface area contributed by atoms with E-state index in [1.165, 1.54) is 160 Å². The summed E-state index contributed by atoms with van der Waals surface area (Å²) in [6, 6.07) is 4.58. The summed E-state index contributed by atoms with van der Waals surface area (Å²) >= 11 is 0. The SMILES string of the molecule is CCCCCCCCCCCCCCCC[n+]1cccc(CCCCCCCCCC)c1. The van der Waals surface area contributed by atoms with Crippen LogP contribution in [0.2, 0.25) is 0 Å². The van der Waals surface area contributed by atoms with Gasteiger partial charge in [-0.2, -0.15) is 0 Å². The number of pyridine rings is 1. The van der Waals surface area contributed by atoms with Crippen LogP contribution in [0.1, 0.15) is 161 Å². The molecule has 0 spiro atoms. The summed E-state index contributed by atoms with van der Waals surface area (Å²) in [6.07, 6.45) is 37.3. The first-order chi connectivity index (χ1) is 15.9. The maximum absolute atomic E-state index is 2.43. The number of aryl methyl sites for hydroxylation is 2. The van der Waals surface area contributed by atoms with Crippen LogP contribution in [0.25, 0.3) is 0 Å². The minimum Gasteiger partial charge on any atom is -0.205 e. The zero-order chi connectivity index (χ0) is 23.0. The maximum atomic E-state index is 2.43. The van der Waals surface area contributed by atoms with Crippen molar-refractivity contribution in [2.24, 2.45) is 0 Å². The molecule has 0 aromatic carbocycles. The van der Waals surface area contributed by atoms with Gasteiger partial charge in [0.25, 0.3) is 0 Å². The molecule has 0 aliphatic carbocycles. The van der Waals surface area contributed by atoms with Gasteiger partial charge < -0.3 is 0 Å². The van der Waals surface area contributed by atoms with Crippen molar-refractivity contribution in [2.75, 3.05) is 0 Å². The van der Waals surface area contributed by atoms with E-state index in [4.69, 9.17) is 0 Å². The van der Waals surface area contributed by atoms with E-state index in [9.17, 15) is 0 Å². The standard InChI is InChI=1S/C31H58N/c1-3-5-7-9-11-13-14-15-16-17-18-20-22-24-28-32-29-25-27-31(30-32)26-23-21-19-12-10-8-6-4-2/h25,27,29-30H,3-24,26,28H2,1-2H3/q+1. The van der Waals surface area contributed by atoms with Gasteiger partial charge >= 0.3 is 0 Å². The Morgan fingerprint density at radius 2 is 0.906 bits per heavy atom. The van der Waals surface area contributed by atoms with Crippen molar-refractivity contribution < 1.29 is 4.57 Å². The van der Waals surface area contributed by atoms with E-state index in [1.54, 1.807) is 0 Å². The molecule has 0 unspecified atom stereocenters. The second kappa shape index (κ2) is 23.3. The first kappa shape index (κ1) is 29.2. The van der Waals surface area contributed by atoms with Crippen LogP contribution in [0.3, 0.4) is 0 Å². The zero-order valence-electron chi connectivity index (χ0n) is 22.2. The monoisotopic (exact) mass is 444 g/mol. The number of aromatic nitrogens is 1. The summed E-state index contributed by atoms with van der Waals surface area (Å²) < 4.78 is 2.43.